The van der Waals surface area contributed by atoms with Crippen molar-refractivity contribution >= 4 is 5.78 Å². The number of aromatic nitrogens is 5. The van der Waals surface area contributed by atoms with Crippen LogP contribution in [0.3, 0.4) is 0 Å². The third-order valence-corrected chi connectivity index (χ3v) is 4.65. The van der Waals surface area contributed by atoms with Gasteiger partial charge in [0.25, 0.3) is 0 Å². The molecule has 1 aromatic carbocycles. The van der Waals surface area contributed by atoms with E-state index in [0.29, 0.717) is 18.0 Å². The number of rotatable bonds is 8. The van der Waals surface area contributed by atoms with Gasteiger partial charge >= 0.3 is 0 Å². The summed E-state index contributed by atoms with van der Waals surface area (Å²) in [6, 6.07) is 9.83. The van der Waals surface area contributed by atoms with E-state index in [1.54, 1.807) is 7.11 Å². The fraction of sp³-hybridized carbons (Fsp3) is 0.400. The normalized spacial score (nSPS) is 11.1. The van der Waals surface area contributed by atoms with Crippen molar-refractivity contribution in [3.8, 4) is 11.4 Å². The van der Waals surface area contributed by atoms with Crippen LogP contribution in [-0.4, -0.2) is 44.3 Å². The minimum Gasteiger partial charge on any atom is -0.385 e. The lowest BCUT2D eigenvalue weighted by Gasteiger charge is -2.09. The summed E-state index contributed by atoms with van der Waals surface area (Å²) in [5.41, 5.74) is 4.79. The molecule has 0 saturated heterocycles. The summed E-state index contributed by atoms with van der Waals surface area (Å²) in [7, 11) is 1.69. The molecule has 0 aliphatic carbocycles. The Balaban J connectivity index is 1.72. The van der Waals surface area contributed by atoms with E-state index in [9.17, 15) is 4.79 Å². The van der Waals surface area contributed by atoms with Crippen molar-refractivity contribution in [2.45, 2.75) is 40.3 Å². The molecule has 142 valence electrons. The number of hydrogen-bond acceptors (Lipinski definition) is 5. The quantitative estimate of drug-likeness (QED) is 0.452. The van der Waals surface area contributed by atoms with Crippen LogP contribution in [0.5, 0.6) is 0 Å². The monoisotopic (exact) mass is 367 g/mol. The van der Waals surface area contributed by atoms with Crippen LogP contribution in [0.4, 0.5) is 0 Å². The Morgan fingerprint density at radius 3 is 2.59 bits per heavy atom. The lowest BCUT2D eigenvalue weighted by molar-refractivity contribution is 0.0960. The highest BCUT2D eigenvalue weighted by atomic mass is 16.5. The number of aryl methyl sites for hydroxylation is 2. The van der Waals surface area contributed by atoms with Gasteiger partial charge in [-0.25, -0.2) is 0 Å². The molecule has 7 heteroatoms. The predicted octanol–water partition coefficient (Wildman–Crippen LogP) is 2.99. The average molecular weight is 367 g/mol. The van der Waals surface area contributed by atoms with Gasteiger partial charge in [0.2, 0.25) is 5.82 Å². The minimum atomic E-state index is -0.0195. The molecule has 0 bridgehead atoms. The Bertz CT molecular complexity index is 925. The molecule has 2 aromatic heterocycles. The van der Waals surface area contributed by atoms with Gasteiger partial charge in [0.1, 0.15) is 6.54 Å². The number of ether oxygens (including phenoxy) is 1. The van der Waals surface area contributed by atoms with Crippen LogP contribution >= 0.6 is 0 Å². The van der Waals surface area contributed by atoms with Crippen LogP contribution in [0.25, 0.3) is 11.4 Å². The Morgan fingerprint density at radius 1 is 1.15 bits per heavy atom. The molecule has 2 heterocycles. The second kappa shape index (κ2) is 8.26. The maximum absolute atomic E-state index is 12.8. The van der Waals surface area contributed by atoms with Crippen LogP contribution < -0.4 is 0 Å². The SMILES string of the molecule is COCCCn1c(C)cc(C(=O)Cn2nnc(-c3ccc(C)cc3)n2)c1C. The number of carbonyl (C=O) groups is 1. The van der Waals surface area contributed by atoms with E-state index in [0.717, 1.165) is 29.9 Å². The lowest BCUT2D eigenvalue weighted by atomic mass is 10.1. The molecule has 0 saturated carbocycles. The smallest absolute Gasteiger partial charge is 0.204 e. The fourth-order valence-corrected chi connectivity index (χ4v) is 3.14. The molecule has 0 radical (unpaired) electrons. The van der Waals surface area contributed by atoms with E-state index in [1.165, 1.54) is 10.4 Å². The van der Waals surface area contributed by atoms with Gasteiger partial charge in [-0.2, -0.15) is 4.80 Å². The van der Waals surface area contributed by atoms with E-state index in [2.05, 4.69) is 20.0 Å². The molecule has 3 rings (SSSR count). The van der Waals surface area contributed by atoms with Gasteiger partial charge in [-0.3, -0.25) is 4.79 Å². The summed E-state index contributed by atoms with van der Waals surface area (Å²) in [6.45, 7) is 7.61. The summed E-state index contributed by atoms with van der Waals surface area (Å²) in [5, 5.41) is 12.4. The molecule has 0 fully saturated rings. The molecule has 0 N–H and O–H groups in total. The zero-order chi connectivity index (χ0) is 19.4. The van der Waals surface area contributed by atoms with Gasteiger partial charge in [0, 0.05) is 42.8 Å². The number of benzene rings is 1. The largest absolute Gasteiger partial charge is 0.385 e. The molecule has 0 atom stereocenters. The number of carbonyl (C=O) groups excluding carboxylic acids is 1. The van der Waals surface area contributed by atoms with Gasteiger partial charge in [0.05, 0.1) is 0 Å². The van der Waals surface area contributed by atoms with E-state index in [1.807, 2.05) is 51.1 Å². The maximum Gasteiger partial charge on any atom is 0.204 e. The first-order chi connectivity index (χ1) is 13.0. The van der Waals surface area contributed by atoms with Gasteiger partial charge in [0.15, 0.2) is 5.78 Å². The molecule has 0 aliphatic heterocycles. The zero-order valence-electron chi connectivity index (χ0n) is 16.3. The Hall–Kier alpha value is -2.80. The molecule has 0 spiro atoms. The third kappa shape index (κ3) is 4.31. The molecule has 0 aliphatic rings. The Labute approximate surface area is 159 Å². The van der Waals surface area contributed by atoms with Crippen molar-refractivity contribution in [1.29, 1.82) is 0 Å². The summed E-state index contributed by atoms with van der Waals surface area (Å²) >= 11 is 0. The average Bonchev–Trinajstić information content (AvgIpc) is 3.22. The summed E-state index contributed by atoms with van der Waals surface area (Å²) in [6.07, 6.45) is 0.908. The molecule has 0 amide bonds. The predicted molar refractivity (Wildman–Crippen MR) is 103 cm³/mol. The van der Waals surface area contributed by atoms with Crippen molar-refractivity contribution in [2.24, 2.45) is 0 Å². The highest BCUT2D eigenvalue weighted by Crippen LogP contribution is 2.18. The number of ketones is 1. The van der Waals surface area contributed by atoms with Crippen molar-refractivity contribution in [3.63, 3.8) is 0 Å². The topological polar surface area (TPSA) is 74.8 Å². The molecular formula is C20H25N5O2. The second-order valence-electron chi connectivity index (χ2n) is 6.72. The number of nitrogens with zero attached hydrogens (tertiary/aromatic N) is 5. The van der Waals surface area contributed by atoms with Crippen molar-refractivity contribution in [3.05, 3.63) is 52.8 Å². The third-order valence-electron chi connectivity index (χ3n) is 4.65. The summed E-state index contributed by atoms with van der Waals surface area (Å²) < 4.78 is 7.27. The molecular weight excluding hydrogens is 342 g/mol. The van der Waals surface area contributed by atoms with E-state index >= 15 is 0 Å². The maximum atomic E-state index is 12.8. The first-order valence-corrected chi connectivity index (χ1v) is 9.03. The molecule has 27 heavy (non-hydrogen) atoms. The van der Waals surface area contributed by atoms with E-state index in [-0.39, 0.29) is 12.3 Å². The van der Waals surface area contributed by atoms with Crippen LogP contribution in [0.2, 0.25) is 0 Å². The summed E-state index contributed by atoms with van der Waals surface area (Å²) in [5.74, 6) is 0.502. The zero-order valence-corrected chi connectivity index (χ0v) is 16.3. The van der Waals surface area contributed by atoms with Crippen LogP contribution in [-0.2, 0) is 17.8 Å². The molecule has 7 nitrogen and oxygen atoms in total. The van der Waals surface area contributed by atoms with Crippen LogP contribution in [0, 0.1) is 20.8 Å². The van der Waals surface area contributed by atoms with Crippen LogP contribution in [0.1, 0.15) is 33.7 Å². The van der Waals surface area contributed by atoms with Gasteiger partial charge < -0.3 is 9.30 Å². The number of Topliss-reactive ketones (excluding diaryl/α,β-unsaturated/α-hetero) is 1. The molecule has 0 unspecified atom stereocenters. The first-order valence-electron chi connectivity index (χ1n) is 9.03. The van der Waals surface area contributed by atoms with Crippen molar-refractivity contribution in [1.82, 2.24) is 24.8 Å². The highest BCUT2D eigenvalue weighted by Gasteiger charge is 2.17. The Kier molecular flexibility index (Phi) is 5.81. The standard InChI is InChI=1S/C20H25N5O2/c1-14-6-8-17(9-7-14)20-21-23-25(22-20)13-19(26)18-12-15(2)24(16(18)3)10-5-11-27-4/h6-9,12H,5,10-11,13H2,1-4H3. The second-order valence-corrected chi connectivity index (χ2v) is 6.72. The van der Waals surface area contributed by atoms with Gasteiger partial charge in [-0.05, 0) is 38.5 Å². The van der Waals surface area contributed by atoms with Crippen LogP contribution in [0.15, 0.2) is 30.3 Å². The van der Waals surface area contributed by atoms with E-state index in [4.69, 9.17) is 4.74 Å². The minimum absolute atomic E-state index is 0.0195. The summed E-state index contributed by atoms with van der Waals surface area (Å²) in [4.78, 5) is 14.1. The lowest BCUT2D eigenvalue weighted by Crippen LogP contribution is -2.14. The highest BCUT2D eigenvalue weighted by molar-refractivity contribution is 5.97. The number of methoxy groups -OCH3 is 1. The van der Waals surface area contributed by atoms with E-state index < -0.39 is 0 Å². The molecule has 3 aromatic rings. The number of hydrogen-bond donors (Lipinski definition) is 0. The number of tetrazole rings is 1. The Morgan fingerprint density at radius 2 is 1.89 bits per heavy atom. The fourth-order valence-electron chi connectivity index (χ4n) is 3.14. The van der Waals surface area contributed by atoms with Gasteiger partial charge in [-0.15, -0.1) is 10.2 Å². The van der Waals surface area contributed by atoms with Crippen molar-refractivity contribution in [2.75, 3.05) is 13.7 Å². The van der Waals surface area contributed by atoms with Gasteiger partial charge in [-0.1, -0.05) is 29.8 Å². The first kappa shape index (κ1) is 19.0. The van der Waals surface area contributed by atoms with Crippen molar-refractivity contribution < 1.29 is 9.53 Å².